The molecule has 0 spiro atoms. The van der Waals surface area contributed by atoms with Crippen LogP contribution in [-0.4, -0.2) is 20.6 Å². The fourth-order valence-electron chi connectivity index (χ4n) is 3.71. The van der Waals surface area contributed by atoms with Gasteiger partial charge in [-0.1, -0.05) is 60.7 Å². The molecule has 0 radical (unpaired) electrons. The molecule has 2 heterocycles. The number of aromatic nitrogens is 2. The predicted octanol–water partition coefficient (Wildman–Crippen LogP) is 5.80. The van der Waals surface area contributed by atoms with Gasteiger partial charge in [-0.15, -0.1) is 10.2 Å². The van der Waals surface area contributed by atoms with Crippen molar-refractivity contribution in [1.29, 1.82) is 0 Å². The van der Waals surface area contributed by atoms with Crippen molar-refractivity contribution in [2.75, 3.05) is 0 Å². The quantitative estimate of drug-likeness (QED) is 0.378. The Morgan fingerprint density at radius 1 is 0.933 bits per heavy atom. The normalized spacial score (nSPS) is 11.6. The van der Waals surface area contributed by atoms with Crippen molar-refractivity contribution in [2.45, 2.75) is 6.54 Å². The minimum Gasteiger partial charge on any atom is -0.493 e. The molecule has 6 nitrogen and oxygen atoms in total. The summed E-state index contributed by atoms with van der Waals surface area (Å²) in [6.45, 7) is 0.485. The lowest BCUT2D eigenvalue weighted by atomic mass is 10.1. The van der Waals surface area contributed by atoms with Gasteiger partial charge in [0, 0.05) is 17.0 Å². The Morgan fingerprint density at radius 2 is 1.73 bits per heavy atom. The maximum Gasteiger partial charge on any atom is 0.297 e. The summed E-state index contributed by atoms with van der Waals surface area (Å²) >= 11 is 0. The van der Waals surface area contributed by atoms with Gasteiger partial charge in [-0.3, -0.25) is 4.79 Å². The summed E-state index contributed by atoms with van der Waals surface area (Å²) in [4.78, 5) is 15.8. The van der Waals surface area contributed by atoms with Crippen molar-refractivity contribution in [1.82, 2.24) is 9.55 Å². The van der Waals surface area contributed by atoms with Crippen LogP contribution in [0.3, 0.4) is 0 Å². The number of carbonyl (C=O) groups is 1. The Labute approximate surface area is 172 Å². The number of nitrogens with one attached hydrogen (secondary N) is 1. The van der Waals surface area contributed by atoms with Crippen LogP contribution in [0.5, 0.6) is 5.88 Å². The van der Waals surface area contributed by atoms with Crippen molar-refractivity contribution in [3.05, 3.63) is 96.2 Å². The molecule has 0 aliphatic rings. The van der Waals surface area contributed by atoms with Crippen molar-refractivity contribution in [3.63, 3.8) is 0 Å². The van der Waals surface area contributed by atoms with E-state index in [4.69, 9.17) is 0 Å². The van der Waals surface area contributed by atoms with Gasteiger partial charge in [0.15, 0.2) is 5.69 Å². The third kappa shape index (κ3) is 3.04. The number of aromatic amines is 1. The average molecular weight is 394 g/mol. The number of hydrogen-bond donors (Lipinski definition) is 2. The standard InChI is InChI=1S/C24H18N4O2/c29-23(19-11-6-9-17-13-14-25-21(17)19)27-26-22-18-10-4-5-12-20(18)28(24(22)30)15-16-7-2-1-3-8-16/h1-14,25,30H,15H2. The molecule has 2 aromatic heterocycles. The molecule has 0 saturated heterocycles. The fraction of sp³-hybridized carbons (Fsp3) is 0.0417. The Hall–Kier alpha value is -4.19. The van der Waals surface area contributed by atoms with Crippen molar-refractivity contribution in [3.8, 4) is 5.88 Å². The first kappa shape index (κ1) is 17.9. The van der Waals surface area contributed by atoms with Crippen LogP contribution in [0.4, 0.5) is 5.69 Å². The molecule has 6 heteroatoms. The van der Waals surface area contributed by atoms with Gasteiger partial charge in [-0.25, -0.2) is 0 Å². The Kier molecular flexibility index (Phi) is 4.37. The summed E-state index contributed by atoms with van der Waals surface area (Å²) in [5.74, 6) is -0.489. The van der Waals surface area contributed by atoms with Crippen LogP contribution >= 0.6 is 0 Å². The van der Waals surface area contributed by atoms with Crippen molar-refractivity contribution < 1.29 is 9.90 Å². The summed E-state index contributed by atoms with van der Waals surface area (Å²) < 4.78 is 1.77. The van der Waals surface area contributed by atoms with Crippen LogP contribution in [0.15, 0.2) is 95.3 Å². The second-order valence-electron chi connectivity index (χ2n) is 7.01. The molecule has 0 unspecified atom stereocenters. The van der Waals surface area contributed by atoms with E-state index in [1.54, 1.807) is 16.8 Å². The van der Waals surface area contributed by atoms with E-state index >= 15 is 0 Å². The molecule has 2 N–H and O–H groups in total. The van der Waals surface area contributed by atoms with Gasteiger partial charge in [0.1, 0.15) is 0 Å². The van der Waals surface area contributed by atoms with Crippen LogP contribution in [0.2, 0.25) is 0 Å². The second-order valence-corrected chi connectivity index (χ2v) is 7.01. The number of hydrogen-bond acceptors (Lipinski definition) is 3. The van der Waals surface area contributed by atoms with Gasteiger partial charge >= 0.3 is 0 Å². The zero-order valence-electron chi connectivity index (χ0n) is 16.0. The van der Waals surface area contributed by atoms with Crippen molar-refractivity contribution >= 4 is 33.4 Å². The van der Waals surface area contributed by atoms with Gasteiger partial charge in [0.25, 0.3) is 5.91 Å². The van der Waals surface area contributed by atoms with E-state index in [1.165, 1.54) is 0 Å². The average Bonchev–Trinajstić information content (AvgIpc) is 3.36. The van der Waals surface area contributed by atoms with E-state index in [1.807, 2.05) is 72.8 Å². The highest BCUT2D eigenvalue weighted by molar-refractivity contribution is 6.06. The van der Waals surface area contributed by atoms with Gasteiger partial charge in [0.2, 0.25) is 5.88 Å². The van der Waals surface area contributed by atoms with E-state index in [-0.39, 0.29) is 11.6 Å². The highest BCUT2D eigenvalue weighted by Crippen LogP contribution is 2.39. The van der Waals surface area contributed by atoms with Gasteiger partial charge in [-0.05, 0) is 23.8 Å². The first-order valence-electron chi connectivity index (χ1n) is 9.58. The molecule has 0 saturated carbocycles. The number of azo groups is 1. The number of H-pyrrole nitrogens is 1. The number of nitrogens with zero attached hydrogens (tertiary/aromatic N) is 3. The molecule has 0 fully saturated rings. The van der Waals surface area contributed by atoms with E-state index in [0.29, 0.717) is 12.1 Å². The number of rotatable bonds is 4. The van der Waals surface area contributed by atoms with E-state index in [9.17, 15) is 9.90 Å². The molecular formula is C24H18N4O2. The summed E-state index contributed by atoms with van der Waals surface area (Å²) in [5, 5.41) is 20.6. The van der Waals surface area contributed by atoms with E-state index < -0.39 is 5.91 Å². The van der Waals surface area contributed by atoms with Gasteiger partial charge < -0.3 is 14.7 Å². The molecule has 0 bridgehead atoms. The molecule has 0 atom stereocenters. The molecule has 1 amide bonds. The molecule has 5 rings (SSSR count). The highest BCUT2D eigenvalue weighted by Gasteiger charge is 2.17. The Balaban J connectivity index is 1.55. The van der Waals surface area contributed by atoms with E-state index in [0.717, 1.165) is 27.4 Å². The Morgan fingerprint density at radius 3 is 2.60 bits per heavy atom. The minimum atomic E-state index is -0.470. The maximum atomic E-state index is 12.7. The number of para-hydroxylation sites is 2. The summed E-state index contributed by atoms with van der Waals surface area (Å²) in [6, 6.07) is 24.7. The van der Waals surface area contributed by atoms with Crippen LogP contribution in [-0.2, 0) is 6.54 Å². The largest absolute Gasteiger partial charge is 0.493 e. The lowest BCUT2D eigenvalue weighted by molar-refractivity contribution is 0.0996. The first-order chi connectivity index (χ1) is 14.7. The number of aromatic hydroxyl groups is 1. The topological polar surface area (TPSA) is 82.7 Å². The van der Waals surface area contributed by atoms with Crippen LogP contribution < -0.4 is 0 Å². The molecular weight excluding hydrogens is 376 g/mol. The number of benzene rings is 3. The smallest absolute Gasteiger partial charge is 0.297 e. The zero-order valence-corrected chi connectivity index (χ0v) is 16.0. The van der Waals surface area contributed by atoms with Crippen LogP contribution in [0.1, 0.15) is 15.9 Å². The number of amides is 1. The lowest BCUT2D eigenvalue weighted by Crippen LogP contribution is -1.98. The summed E-state index contributed by atoms with van der Waals surface area (Å²) in [7, 11) is 0. The second kappa shape index (κ2) is 7.33. The monoisotopic (exact) mass is 394 g/mol. The number of fused-ring (bicyclic) bond motifs is 2. The highest BCUT2D eigenvalue weighted by atomic mass is 16.3. The molecule has 0 aliphatic carbocycles. The molecule has 146 valence electrons. The van der Waals surface area contributed by atoms with Gasteiger partial charge in [-0.2, -0.15) is 0 Å². The van der Waals surface area contributed by atoms with Crippen molar-refractivity contribution in [2.24, 2.45) is 10.2 Å². The number of carbonyl (C=O) groups excluding carboxylic acids is 1. The maximum absolute atomic E-state index is 12.7. The summed E-state index contributed by atoms with van der Waals surface area (Å²) in [5.41, 5.74) is 3.32. The molecule has 3 aromatic carbocycles. The van der Waals surface area contributed by atoms with Gasteiger partial charge in [0.05, 0.1) is 23.1 Å². The fourth-order valence-corrected chi connectivity index (χ4v) is 3.71. The third-order valence-electron chi connectivity index (χ3n) is 5.16. The first-order valence-corrected chi connectivity index (χ1v) is 9.58. The zero-order chi connectivity index (χ0) is 20.5. The van der Waals surface area contributed by atoms with E-state index in [2.05, 4.69) is 15.2 Å². The molecule has 5 aromatic rings. The lowest BCUT2D eigenvalue weighted by Gasteiger charge is -2.06. The molecule has 0 aliphatic heterocycles. The molecule has 30 heavy (non-hydrogen) atoms. The predicted molar refractivity (Wildman–Crippen MR) is 116 cm³/mol. The third-order valence-corrected chi connectivity index (χ3v) is 5.16. The SMILES string of the molecule is O=C(N=Nc1c(O)n(Cc2ccccc2)c2ccccc12)c1cccc2cc[nH]c12. The Bertz CT molecular complexity index is 1400. The van der Waals surface area contributed by atoms with Crippen LogP contribution in [0.25, 0.3) is 21.8 Å². The van der Waals surface area contributed by atoms with Crippen LogP contribution in [0, 0.1) is 0 Å². The minimum absolute atomic E-state index is 0.0188. The summed E-state index contributed by atoms with van der Waals surface area (Å²) in [6.07, 6.45) is 1.78.